The molecule has 1 unspecified atom stereocenters. The van der Waals surface area contributed by atoms with Crippen LogP contribution < -0.4 is 0 Å². The van der Waals surface area contributed by atoms with Gasteiger partial charge in [0.1, 0.15) is 5.76 Å². The zero-order chi connectivity index (χ0) is 15.5. The van der Waals surface area contributed by atoms with Crippen molar-refractivity contribution in [3.8, 4) is 0 Å². The van der Waals surface area contributed by atoms with Gasteiger partial charge in [0.15, 0.2) is 5.60 Å². The summed E-state index contributed by atoms with van der Waals surface area (Å²) < 4.78 is 5.73. The summed E-state index contributed by atoms with van der Waals surface area (Å²) in [5.41, 5.74) is -0.0380. The largest absolute Gasteiger partial charge is 0.479 e. The molecule has 1 aliphatic rings. The van der Waals surface area contributed by atoms with Gasteiger partial charge >= 0.3 is 0 Å². The van der Waals surface area contributed by atoms with Crippen LogP contribution in [0.5, 0.6) is 0 Å². The van der Waals surface area contributed by atoms with Crippen molar-refractivity contribution >= 4 is 5.78 Å². The number of carbonyl (C=O) groups excluding carboxylic acids is 1. The van der Waals surface area contributed by atoms with Gasteiger partial charge in [0.05, 0.1) is 18.3 Å². The number of rotatable bonds is 6. The Bertz CT molecular complexity index is 436. The Morgan fingerprint density at radius 1 is 1.45 bits per heavy atom. The van der Waals surface area contributed by atoms with Crippen molar-refractivity contribution in [2.24, 2.45) is 5.92 Å². The second-order valence-electron chi connectivity index (χ2n) is 5.67. The molecule has 0 spiro atoms. The number of aliphatic hydroxyl groups excluding tert-OH is 2. The third kappa shape index (κ3) is 3.13. The lowest BCUT2D eigenvalue weighted by Crippen LogP contribution is -2.33. The van der Waals surface area contributed by atoms with E-state index in [1.807, 2.05) is 20.8 Å². The van der Waals surface area contributed by atoms with Gasteiger partial charge in [0, 0.05) is 6.42 Å². The summed E-state index contributed by atoms with van der Waals surface area (Å²) in [6, 6.07) is 0. The summed E-state index contributed by atoms with van der Waals surface area (Å²) in [6.07, 6.45) is 2.53. The predicted molar refractivity (Wildman–Crippen MR) is 78.1 cm³/mol. The fourth-order valence-electron chi connectivity index (χ4n) is 2.52. The lowest BCUT2D eigenvalue weighted by molar-refractivity contribution is -0.125. The maximum atomic E-state index is 12.4. The topological polar surface area (TPSA) is 66.8 Å². The van der Waals surface area contributed by atoms with Gasteiger partial charge in [-0.15, -0.1) is 0 Å². The van der Waals surface area contributed by atoms with Gasteiger partial charge in [-0.3, -0.25) is 4.79 Å². The van der Waals surface area contributed by atoms with Crippen molar-refractivity contribution < 1.29 is 19.7 Å². The number of aliphatic hydroxyl groups is 2. The predicted octanol–water partition coefficient (Wildman–Crippen LogP) is 2.35. The number of allylic oxidation sites excluding steroid dienone is 1. The third-order valence-electron chi connectivity index (χ3n) is 4.03. The van der Waals surface area contributed by atoms with Crippen LogP contribution in [0.15, 0.2) is 23.0 Å². The van der Waals surface area contributed by atoms with Gasteiger partial charge in [0.2, 0.25) is 5.78 Å². The molecular formula is C16H26O4. The minimum absolute atomic E-state index is 0.127. The smallest absolute Gasteiger partial charge is 0.211 e. The number of carbonyl (C=O) groups is 1. The lowest BCUT2D eigenvalue weighted by atomic mass is 9.89. The molecule has 0 bridgehead atoms. The van der Waals surface area contributed by atoms with E-state index in [1.54, 1.807) is 19.9 Å². The number of hydrogen-bond acceptors (Lipinski definition) is 4. The molecule has 1 aliphatic heterocycles. The molecule has 1 rings (SSSR count). The Balaban J connectivity index is 3.01. The van der Waals surface area contributed by atoms with Gasteiger partial charge in [-0.2, -0.15) is 0 Å². The molecule has 20 heavy (non-hydrogen) atoms. The molecule has 0 saturated heterocycles. The van der Waals surface area contributed by atoms with Crippen LogP contribution in [0.2, 0.25) is 0 Å². The Labute approximate surface area is 121 Å². The van der Waals surface area contributed by atoms with Crippen molar-refractivity contribution in [2.45, 2.75) is 59.2 Å². The second-order valence-corrected chi connectivity index (χ2v) is 5.67. The summed E-state index contributed by atoms with van der Waals surface area (Å²) in [7, 11) is 0. The number of hydrogen-bond donors (Lipinski definition) is 2. The van der Waals surface area contributed by atoms with E-state index in [-0.39, 0.29) is 18.3 Å². The van der Waals surface area contributed by atoms with Crippen LogP contribution in [0.3, 0.4) is 0 Å². The first-order valence-electron chi connectivity index (χ1n) is 7.24. The van der Waals surface area contributed by atoms with Crippen molar-refractivity contribution in [3.63, 3.8) is 0 Å². The van der Waals surface area contributed by atoms with E-state index >= 15 is 0 Å². The number of Topliss-reactive ketones (excluding diaryl/α,β-unsaturated/α-hetero) is 1. The first kappa shape index (κ1) is 16.9. The fourth-order valence-corrected chi connectivity index (χ4v) is 2.52. The first-order valence-corrected chi connectivity index (χ1v) is 7.24. The highest BCUT2D eigenvalue weighted by Gasteiger charge is 2.43. The van der Waals surface area contributed by atoms with Crippen molar-refractivity contribution in [3.05, 3.63) is 23.0 Å². The Morgan fingerprint density at radius 3 is 2.45 bits per heavy atom. The lowest BCUT2D eigenvalue weighted by Gasteiger charge is -2.24. The highest BCUT2D eigenvalue weighted by atomic mass is 16.5. The molecule has 0 fully saturated rings. The minimum Gasteiger partial charge on any atom is -0.479 e. The number of ether oxygens (including phenoxy) is 1. The molecule has 0 aliphatic carbocycles. The number of ketones is 1. The molecule has 2 N–H and O–H groups in total. The van der Waals surface area contributed by atoms with Crippen LogP contribution in [0.25, 0.3) is 0 Å². The minimum atomic E-state index is -1.11. The average molecular weight is 282 g/mol. The Morgan fingerprint density at radius 2 is 2.05 bits per heavy atom. The van der Waals surface area contributed by atoms with E-state index in [0.29, 0.717) is 17.8 Å². The molecule has 0 radical (unpaired) electrons. The van der Waals surface area contributed by atoms with Crippen molar-refractivity contribution in [2.75, 3.05) is 6.61 Å². The zero-order valence-electron chi connectivity index (χ0n) is 13.1. The van der Waals surface area contributed by atoms with Crippen LogP contribution in [0.4, 0.5) is 0 Å². The molecule has 4 heteroatoms. The first-order chi connectivity index (χ1) is 9.30. The second kappa shape index (κ2) is 6.55. The molecule has 114 valence electrons. The fraction of sp³-hybridized carbons (Fsp3) is 0.688. The van der Waals surface area contributed by atoms with Gasteiger partial charge in [-0.25, -0.2) is 0 Å². The van der Waals surface area contributed by atoms with Gasteiger partial charge < -0.3 is 14.9 Å². The van der Waals surface area contributed by atoms with E-state index in [4.69, 9.17) is 4.74 Å². The Kier molecular flexibility index (Phi) is 5.54. The van der Waals surface area contributed by atoms with Crippen LogP contribution >= 0.6 is 0 Å². The third-order valence-corrected chi connectivity index (χ3v) is 4.03. The zero-order valence-corrected chi connectivity index (χ0v) is 13.1. The van der Waals surface area contributed by atoms with Crippen LogP contribution in [-0.2, 0) is 9.53 Å². The van der Waals surface area contributed by atoms with Gasteiger partial charge in [-0.1, -0.05) is 27.2 Å². The van der Waals surface area contributed by atoms with E-state index in [2.05, 4.69) is 0 Å². The molecular weight excluding hydrogens is 256 g/mol. The quantitative estimate of drug-likeness (QED) is 0.734. The van der Waals surface area contributed by atoms with E-state index < -0.39 is 11.7 Å². The highest BCUT2D eigenvalue weighted by Crippen LogP contribution is 2.34. The average Bonchev–Trinajstić information content (AvgIpc) is 2.68. The van der Waals surface area contributed by atoms with Crippen LogP contribution in [0, 0.1) is 5.92 Å². The van der Waals surface area contributed by atoms with Crippen LogP contribution in [0.1, 0.15) is 47.5 Å². The molecule has 3 atom stereocenters. The Hall–Kier alpha value is -1.13. The van der Waals surface area contributed by atoms with E-state index in [0.717, 1.165) is 12.0 Å². The monoisotopic (exact) mass is 282 g/mol. The summed E-state index contributed by atoms with van der Waals surface area (Å²) in [5, 5.41) is 19.5. The summed E-state index contributed by atoms with van der Waals surface area (Å²) in [5.74, 6) is 0.455. The van der Waals surface area contributed by atoms with Crippen molar-refractivity contribution in [1.82, 2.24) is 0 Å². The molecule has 0 saturated carbocycles. The molecule has 0 aromatic heterocycles. The maximum absolute atomic E-state index is 12.4. The molecule has 0 aromatic rings. The summed E-state index contributed by atoms with van der Waals surface area (Å²) >= 11 is 0. The SMILES string of the molecule is CCC1=C(CO)C(=O)C(C)(/C=C(\C)[C@@H](O)[C@@H](C)CC)O1. The summed E-state index contributed by atoms with van der Waals surface area (Å²) in [6.45, 7) is 9.05. The maximum Gasteiger partial charge on any atom is 0.211 e. The summed E-state index contributed by atoms with van der Waals surface area (Å²) in [4.78, 5) is 12.4. The normalized spacial score (nSPS) is 26.8. The molecule has 1 heterocycles. The van der Waals surface area contributed by atoms with Crippen LogP contribution in [-0.4, -0.2) is 34.3 Å². The molecule has 0 aromatic carbocycles. The molecule has 4 nitrogen and oxygen atoms in total. The van der Waals surface area contributed by atoms with E-state index in [1.165, 1.54) is 0 Å². The van der Waals surface area contributed by atoms with Gasteiger partial charge in [-0.05, 0) is 31.4 Å². The highest BCUT2D eigenvalue weighted by molar-refractivity contribution is 6.05. The molecule has 0 amide bonds. The van der Waals surface area contributed by atoms with E-state index in [9.17, 15) is 15.0 Å². The van der Waals surface area contributed by atoms with Crippen molar-refractivity contribution in [1.29, 1.82) is 0 Å². The van der Waals surface area contributed by atoms with Gasteiger partial charge in [0.25, 0.3) is 0 Å². The standard InChI is InChI=1S/C16H26O4/c1-6-10(3)14(18)11(4)8-16(5)15(19)12(9-17)13(7-2)20-16/h8,10,14,17-18H,6-7,9H2,1-5H3/b11-8+/t10-,14-,16?/m0/s1.